The first-order valence-electron chi connectivity index (χ1n) is 5.82. The van der Waals surface area contributed by atoms with Crippen LogP contribution in [0.1, 0.15) is 27.7 Å². The van der Waals surface area contributed by atoms with Crippen molar-refractivity contribution in [1.29, 1.82) is 0 Å². The molecule has 1 rings (SSSR count). The molecule has 1 fully saturated rings. The van der Waals surface area contributed by atoms with E-state index >= 15 is 0 Å². The molecule has 0 bridgehead atoms. The molecule has 0 aliphatic carbocycles. The summed E-state index contributed by atoms with van der Waals surface area (Å²) in [5, 5.41) is 0. The molecule has 1 aliphatic rings. The molecule has 0 aromatic heterocycles. The summed E-state index contributed by atoms with van der Waals surface area (Å²) in [5.41, 5.74) is 0. The van der Waals surface area contributed by atoms with Crippen LogP contribution in [-0.4, -0.2) is 47.8 Å². The molecule has 2 atom stereocenters. The van der Waals surface area contributed by atoms with Gasteiger partial charge in [0.1, 0.15) is 12.1 Å². The number of nitrogens with zero attached hydrogens (tertiary/aromatic N) is 2. The van der Waals surface area contributed by atoms with Gasteiger partial charge in [0.2, 0.25) is 11.8 Å². The molecule has 0 N–H and O–H groups in total. The van der Waals surface area contributed by atoms with E-state index in [0.717, 1.165) is 0 Å². The fraction of sp³-hybridized carbons (Fsp3) is 0.833. The summed E-state index contributed by atoms with van der Waals surface area (Å²) in [6, 6.07) is -0.625. The zero-order valence-corrected chi connectivity index (χ0v) is 11.0. The van der Waals surface area contributed by atoms with Crippen molar-refractivity contribution in [3.05, 3.63) is 0 Å². The van der Waals surface area contributed by atoms with Gasteiger partial charge in [-0.15, -0.1) is 0 Å². The van der Waals surface area contributed by atoms with Crippen LogP contribution in [0.2, 0.25) is 0 Å². The minimum Gasteiger partial charge on any atom is -0.332 e. The summed E-state index contributed by atoms with van der Waals surface area (Å²) in [5.74, 6) is 0.403. The Labute approximate surface area is 97.6 Å². The maximum absolute atomic E-state index is 12.2. The minimum absolute atomic E-state index is 0.0517. The van der Waals surface area contributed by atoms with Crippen molar-refractivity contribution < 1.29 is 9.59 Å². The Morgan fingerprint density at radius 3 is 1.25 bits per heavy atom. The Hall–Kier alpha value is -1.06. The van der Waals surface area contributed by atoms with Gasteiger partial charge in [0.15, 0.2) is 0 Å². The normalized spacial score (nSPS) is 27.2. The highest BCUT2D eigenvalue weighted by Gasteiger charge is 2.44. The number of rotatable bonds is 2. The summed E-state index contributed by atoms with van der Waals surface area (Å²) >= 11 is 0. The average Bonchev–Trinajstić information content (AvgIpc) is 2.14. The van der Waals surface area contributed by atoms with Crippen LogP contribution in [-0.2, 0) is 9.59 Å². The summed E-state index contributed by atoms with van der Waals surface area (Å²) in [7, 11) is 3.46. The van der Waals surface area contributed by atoms with Crippen molar-refractivity contribution >= 4 is 11.8 Å². The van der Waals surface area contributed by atoms with Crippen LogP contribution < -0.4 is 0 Å². The second-order valence-electron chi connectivity index (χ2n) is 5.28. The Balaban J connectivity index is 3.04. The largest absolute Gasteiger partial charge is 0.332 e. The van der Waals surface area contributed by atoms with Crippen LogP contribution in [0.25, 0.3) is 0 Å². The summed E-state index contributed by atoms with van der Waals surface area (Å²) in [6.07, 6.45) is 0. The lowest BCUT2D eigenvalue weighted by Gasteiger charge is -2.44. The number of amides is 2. The number of piperazine rings is 1. The van der Waals surface area contributed by atoms with Crippen molar-refractivity contribution in [2.24, 2.45) is 11.8 Å². The molecule has 1 aliphatic heterocycles. The molecule has 16 heavy (non-hydrogen) atoms. The highest BCUT2D eigenvalue weighted by molar-refractivity contribution is 5.97. The van der Waals surface area contributed by atoms with Crippen molar-refractivity contribution in [1.82, 2.24) is 9.80 Å². The molecular weight excluding hydrogens is 204 g/mol. The second kappa shape index (κ2) is 4.44. The molecule has 92 valence electrons. The predicted molar refractivity (Wildman–Crippen MR) is 62.8 cm³/mol. The van der Waals surface area contributed by atoms with Crippen LogP contribution in [0, 0.1) is 11.8 Å². The Kier molecular flexibility index (Phi) is 3.61. The van der Waals surface area contributed by atoms with Gasteiger partial charge >= 0.3 is 0 Å². The van der Waals surface area contributed by atoms with Gasteiger partial charge < -0.3 is 9.80 Å². The molecule has 0 aromatic carbocycles. The highest BCUT2D eigenvalue weighted by Crippen LogP contribution is 2.24. The first-order chi connectivity index (χ1) is 7.29. The maximum atomic E-state index is 12.2. The summed E-state index contributed by atoms with van der Waals surface area (Å²) < 4.78 is 0. The third-order valence-corrected chi connectivity index (χ3v) is 3.30. The molecule has 2 amide bonds. The van der Waals surface area contributed by atoms with E-state index in [-0.39, 0.29) is 35.7 Å². The van der Waals surface area contributed by atoms with E-state index in [4.69, 9.17) is 0 Å². The van der Waals surface area contributed by atoms with E-state index in [0.29, 0.717) is 0 Å². The Morgan fingerprint density at radius 1 is 0.812 bits per heavy atom. The van der Waals surface area contributed by atoms with E-state index in [2.05, 4.69) is 0 Å². The molecule has 0 saturated carbocycles. The third kappa shape index (κ3) is 1.93. The number of carbonyl (C=O) groups excluding carboxylic acids is 2. The van der Waals surface area contributed by atoms with Gasteiger partial charge in [-0.1, -0.05) is 27.7 Å². The van der Waals surface area contributed by atoms with E-state index < -0.39 is 0 Å². The van der Waals surface area contributed by atoms with Crippen LogP contribution in [0.5, 0.6) is 0 Å². The maximum Gasteiger partial charge on any atom is 0.246 e. The van der Waals surface area contributed by atoms with E-state index in [1.165, 1.54) is 0 Å². The molecule has 0 spiro atoms. The van der Waals surface area contributed by atoms with Crippen molar-refractivity contribution in [2.75, 3.05) is 14.1 Å². The molecule has 1 saturated heterocycles. The van der Waals surface area contributed by atoms with Crippen LogP contribution in [0.15, 0.2) is 0 Å². The fourth-order valence-corrected chi connectivity index (χ4v) is 2.49. The Bertz CT molecular complexity index is 269. The quantitative estimate of drug-likeness (QED) is 0.704. The number of hydrogen-bond acceptors (Lipinski definition) is 2. The summed E-state index contributed by atoms with van der Waals surface area (Å²) in [4.78, 5) is 27.6. The van der Waals surface area contributed by atoms with Crippen molar-refractivity contribution in [3.8, 4) is 0 Å². The first kappa shape index (κ1) is 13.0. The topological polar surface area (TPSA) is 40.6 Å². The van der Waals surface area contributed by atoms with Crippen LogP contribution >= 0.6 is 0 Å². The Morgan fingerprint density at radius 2 is 1.06 bits per heavy atom. The zero-order chi connectivity index (χ0) is 12.6. The van der Waals surface area contributed by atoms with E-state index in [1.807, 2.05) is 27.7 Å². The SMILES string of the molecule is CC(C)C1C(=O)N(C)C(C(C)C)C(=O)N1C. The third-order valence-electron chi connectivity index (χ3n) is 3.30. The van der Waals surface area contributed by atoms with Gasteiger partial charge in [-0.3, -0.25) is 9.59 Å². The molecule has 4 heteroatoms. The zero-order valence-electron chi connectivity index (χ0n) is 11.0. The molecule has 0 aromatic rings. The van der Waals surface area contributed by atoms with Crippen molar-refractivity contribution in [3.63, 3.8) is 0 Å². The van der Waals surface area contributed by atoms with E-state index in [1.54, 1.807) is 23.9 Å². The van der Waals surface area contributed by atoms with Gasteiger partial charge in [-0.2, -0.15) is 0 Å². The van der Waals surface area contributed by atoms with Gasteiger partial charge in [0.05, 0.1) is 0 Å². The monoisotopic (exact) mass is 226 g/mol. The van der Waals surface area contributed by atoms with Gasteiger partial charge in [0, 0.05) is 14.1 Å². The van der Waals surface area contributed by atoms with Gasteiger partial charge in [-0.05, 0) is 11.8 Å². The molecule has 1 heterocycles. The van der Waals surface area contributed by atoms with Gasteiger partial charge in [0.25, 0.3) is 0 Å². The first-order valence-corrected chi connectivity index (χ1v) is 5.82. The molecule has 2 unspecified atom stereocenters. The standard InChI is InChI=1S/C12H22N2O2/c1-7(2)9-11(15)14(6)10(8(3)4)12(16)13(9)5/h7-10H,1-6H3. The average molecular weight is 226 g/mol. The van der Waals surface area contributed by atoms with Crippen molar-refractivity contribution in [2.45, 2.75) is 39.8 Å². The van der Waals surface area contributed by atoms with Crippen LogP contribution in [0.3, 0.4) is 0 Å². The lowest BCUT2D eigenvalue weighted by molar-refractivity contribution is -0.162. The van der Waals surface area contributed by atoms with Crippen LogP contribution in [0.4, 0.5) is 0 Å². The number of carbonyl (C=O) groups is 2. The fourth-order valence-electron chi connectivity index (χ4n) is 2.49. The predicted octanol–water partition coefficient (Wildman–Crippen LogP) is 0.966. The molecule has 4 nitrogen and oxygen atoms in total. The lowest BCUT2D eigenvalue weighted by atomic mass is 9.92. The van der Waals surface area contributed by atoms with Gasteiger partial charge in [-0.25, -0.2) is 0 Å². The summed E-state index contributed by atoms with van der Waals surface area (Å²) in [6.45, 7) is 7.87. The number of hydrogen-bond donors (Lipinski definition) is 0. The number of likely N-dealkylation sites (N-methyl/N-ethyl adjacent to an activating group) is 2. The highest BCUT2D eigenvalue weighted by atomic mass is 16.2. The molecular formula is C12H22N2O2. The molecule has 0 radical (unpaired) electrons. The lowest BCUT2D eigenvalue weighted by Crippen LogP contribution is -2.65. The minimum atomic E-state index is -0.313. The smallest absolute Gasteiger partial charge is 0.246 e. The second-order valence-corrected chi connectivity index (χ2v) is 5.28. The van der Waals surface area contributed by atoms with E-state index in [9.17, 15) is 9.59 Å².